The van der Waals surface area contributed by atoms with Crippen LogP contribution in [0.15, 0.2) is 12.2 Å². The van der Waals surface area contributed by atoms with E-state index in [1.807, 2.05) is 0 Å². The molecule has 0 spiro atoms. The van der Waals surface area contributed by atoms with E-state index in [0.717, 1.165) is 31.6 Å². The maximum absolute atomic E-state index is 11.7. The summed E-state index contributed by atoms with van der Waals surface area (Å²) in [7, 11) is 0. The van der Waals surface area contributed by atoms with Gasteiger partial charge in [-0.05, 0) is 44.4 Å². The first-order valence-electron chi connectivity index (χ1n) is 19.5. The molecule has 0 aliphatic heterocycles. The van der Waals surface area contributed by atoms with E-state index in [1.54, 1.807) is 0 Å². The van der Waals surface area contributed by atoms with Crippen LogP contribution in [0.25, 0.3) is 0 Å². The van der Waals surface area contributed by atoms with Gasteiger partial charge in [-0.2, -0.15) is 0 Å². The topological polar surface area (TPSA) is 37.3 Å². The Morgan fingerprint density at radius 3 is 1.05 bits per heavy atom. The summed E-state index contributed by atoms with van der Waals surface area (Å²) >= 11 is 0. The van der Waals surface area contributed by atoms with Crippen LogP contribution >= 0.6 is 0 Å². The standard InChI is InChI=1S/C40H78O2/c1-4-5-6-7-8-9-10-11-12-13-14-15-16-17-18-21-24-27-30-33-36-39(40(41)42)37-34-31-28-25-22-19-20-23-26-29-32-35-38(2)3/h11-12,38-39H,4-10,13-37H2,1-3H3,(H,41,42). The number of rotatable bonds is 35. The van der Waals surface area contributed by atoms with Crippen molar-refractivity contribution in [2.24, 2.45) is 11.8 Å². The second-order valence-electron chi connectivity index (χ2n) is 14.0. The maximum Gasteiger partial charge on any atom is 0.306 e. The van der Waals surface area contributed by atoms with Crippen LogP contribution in [-0.4, -0.2) is 11.1 Å². The van der Waals surface area contributed by atoms with Crippen molar-refractivity contribution in [3.8, 4) is 0 Å². The van der Waals surface area contributed by atoms with Gasteiger partial charge < -0.3 is 5.11 Å². The molecule has 0 saturated heterocycles. The predicted molar refractivity (Wildman–Crippen MR) is 189 cm³/mol. The highest BCUT2D eigenvalue weighted by atomic mass is 16.4. The van der Waals surface area contributed by atoms with Gasteiger partial charge in [0.2, 0.25) is 0 Å². The van der Waals surface area contributed by atoms with Gasteiger partial charge in [-0.3, -0.25) is 4.79 Å². The van der Waals surface area contributed by atoms with Crippen molar-refractivity contribution in [3.63, 3.8) is 0 Å². The molecule has 250 valence electrons. The highest BCUT2D eigenvalue weighted by Crippen LogP contribution is 2.20. The molecule has 1 N–H and O–H groups in total. The van der Waals surface area contributed by atoms with Crippen molar-refractivity contribution < 1.29 is 9.90 Å². The summed E-state index contributed by atoms with van der Waals surface area (Å²) in [5.41, 5.74) is 0. The average molecular weight is 591 g/mol. The van der Waals surface area contributed by atoms with Crippen LogP contribution in [-0.2, 0) is 4.79 Å². The van der Waals surface area contributed by atoms with E-state index >= 15 is 0 Å². The van der Waals surface area contributed by atoms with Crippen molar-refractivity contribution in [3.05, 3.63) is 12.2 Å². The molecule has 0 aromatic heterocycles. The lowest BCUT2D eigenvalue weighted by Gasteiger charge is -2.12. The highest BCUT2D eigenvalue weighted by Gasteiger charge is 2.16. The van der Waals surface area contributed by atoms with Gasteiger partial charge in [0.15, 0.2) is 0 Å². The van der Waals surface area contributed by atoms with Gasteiger partial charge in [-0.1, -0.05) is 200 Å². The quantitative estimate of drug-likeness (QED) is 0.0588. The molecule has 0 rings (SSSR count). The molecule has 0 amide bonds. The minimum Gasteiger partial charge on any atom is -0.481 e. The molecule has 0 aromatic carbocycles. The molecule has 1 atom stereocenters. The summed E-state index contributed by atoms with van der Waals surface area (Å²) in [6.07, 6.45) is 46.9. The molecular formula is C40H78O2. The van der Waals surface area contributed by atoms with Crippen LogP contribution in [0.1, 0.15) is 226 Å². The van der Waals surface area contributed by atoms with E-state index in [-0.39, 0.29) is 5.92 Å². The molecule has 0 bridgehead atoms. The first-order valence-corrected chi connectivity index (χ1v) is 19.5. The second-order valence-corrected chi connectivity index (χ2v) is 14.0. The molecule has 42 heavy (non-hydrogen) atoms. The summed E-state index contributed by atoms with van der Waals surface area (Å²) in [4.78, 5) is 11.7. The average Bonchev–Trinajstić information content (AvgIpc) is 2.97. The molecule has 0 saturated carbocycles. The van der Waals surface area contributed by atoms with E-state index in [4.69, 9.17) is 0 Å². The van der Waals surface area contributed by atoms with Gasteiger partial charge in [-0.15, -0.1) is 0 Å². The third-order valence-corrected chi connectivity index (χ3v) is 9.25. The monoisotopic (exact) mass is 591 g/mol. The first kappa shape index (κ1) is 41.2. The fourth-order valence-corrected chi connectivity index (χ4v) is 6.27. The fraction of sp³-hybridized carbons (Fsp3) is 0.925. The van der Waals surface area contributed by atoms with Crippen LogP contribution in [0.5, 0.6) is 0 Å². The summed E-state index contributed by atoms with van der Waals surface area (Å²) in [5, 5.41) is 9.63. The zero-order valence-electron chi connectivity index (χ0n) is 29.3. The SMILES string of the molecule is CCCCCCCCC=CCCCCCCCCCCCCC(CCCCCCCCCCCCCC(C)C)C(=O)O. The number of unbranched alkanes of at least 4 members (excludes halogenated alkanes) is 26. The third-order valence-electron chi connectivity index (χ3n) is 9.25. The van der Waals surface area contributed by atoms with Crippen molar-refractivity contribution in [1.82, 2.24) is 0 Å². The van der Waals surface area contributed by atoms with Gasteiger partial charge >= 0.3 is 5.97 Å². The Morgan fingerprint density at radius 1 is 0.452 bits per heavy atom. The van der Waals surface area contributed by atoms with Gasteiger partial charge in [0, 0.05) is 0 Å². The summed E-state index contributed by atoms with van der Waals surface area (Å²) in [6.45, 7) is 6.93. The Balaban J connectivity index is 3.40. The minimum absolute atomic E-state index is 0.105. The lowest BCUT2D eigenvalue weighted by atomic mass is 9.94. The molecule has 0 fully saturated rings. The highest BCUT2D eigenvalue weighted by molar-refractivity contribution is 5.69. The number of hydrogen-bond donors (Lipinski definition) is 1. The van der Waals surface area contributed by atoms with Crippen LogP contribution < -0.4 is 0 Å². The lowest BCUT2D eigenvalue weighted by Crippen LogP contribution is -2.13. The first-order chi connectivity index (χ1) is 20.6. The number of carboxylic acids is 1. The van der Waals surface area contributed by atoms with Crippen molar-refractivity contribution in [1.29, 1.82) is 0 Å². The van der Waals surface area contributed by atoms with E-state index < -0.39 is 5.97 Å². The van der Waals surface area contributed by atoms with Crippen molar-refractivity contribution >= 4 is 5.97 Å². The molecule has 0 aromatic rings. The number of carbonyl (C=O) groups is 1. The zero-order valence-corrected chi connectivity index (χ0v) is 29.3. The number of aliphatic carboxylic acids is 1. The van der Waals surface area contributed by atoms with Gasteiger partial charge in [-0.25, -0.2) is 0 Å². The van der Waals surface area contributed by atoms with Crippen LogP contribution in [0, 0.1) is 11.8 Å². The normalized spacial score (nSPS) is 12.6. The summed E-state index contributed by atoms with van der Waals surface area (Å²) < 4.78 is 0. The molecule has 0 radical (unpaired) electrons. The Labute approximate surface area is 265 Å². The van der Waals surface area contributed by atoms with Gasteiger partial charge in [0.05, 0.1) is 5.92 Å². The second kappa shape index (κ2) is 34.7. The van der Waals surface area contributed by atoms with E-state index in [1.165, 1.54) is 180 Å². The van der Waals surface area contributed by atoms with Crippen LogP contribution in [0.2, 0.25) is 0 Å². The summed E-state index contributed by atoms with van der Waals surface area (Å²) in [6, 6.07) is 0. The number of allylic oxidation sites excluding steroid dienone is 2. The van der Waals surface area contributed by atoms with E-state index in [9.17, 15) is 9.90 Å². The molecule has 0 aliphatic rings. The Kier molecular flexibility index (Phi) is 34.0. The predicted octanol–water partition coefficient (Wildman–Crippen LogP) is 14.4. The third kappa shape index (κ3) is 33.7. The van der Waals surface area contributed by atoms with Crippen LogP contribution in [0.3, 0.4) is 0 Å². The minimum atomic E-state index is -0.559. The van der Waals surface area contributed by atoms with Crippen LogP contribution in [0.4, 0.5) is 0 Å². The van der Waals surface area contributed by atoms with Gasteiger partial charge in [0.25, 0.3) is 0 Å². The summed E-state index contributed by atoms with van der Waals surface area (Å²) in [5.74, 6) is 0.195. The molecule has 2 heteroatoms. The Morgan fingerprint density at radius 2 is 0.738 bits per heavy atom. The zero-order chi connectivity index (χ0) is 30.8. The molecule has 2 nitrogen and oxygen atoms in total. The Bertz CT molecular complexity index is 552. The lowest BCUT2D eigenvalue weighted by molar-refractivity contribution is -0.142. The fourth-order valence-electron chi connectivity index (χ4n) is 6.27. The Hall–Kier alpha value is -0.790. The van der Waals surface area contributed by atoms with Gasteiger partial charge in [0.1, 0.15) is 0 Å². The molecule has 1 unspecified atom stereocenters. The number of carboxylic acid groups (broad SMARTS) is 1. The molecular weight excluding hydrogens is 512 g/mol. The number of hydrogen-bond acceptors (Lipinski definition) is 1. The molecule has 0 aliphatic carbocycles. The van der Waals surface area contributed by atoms with E-state index in [2.05, 4.69) is 32.9 Å². The van der Waals surface area contributed by atoms with E-state index in [0.29, 0.717) is 0 Å². The maximum atomic E-state index is 11.7. The largest absolute Gasteiger partial charge is 0.481 e. The molecule has 0 heterocycles. The van der Waals surface area contributed by atoms with Crippen molar-refractivity contribution in [2.75, 3.05) is 0 Å². The smallest absolute Gasteiger partial charge is 0.306 e. The van der Waals surface area contributed by atoms with Crippen molar-refractivity contribution in [2.45, 2.75) is 226 Å².